The third kappa shape index (κ3) is 2.85. The van der Waals surface area contributed by atoms with Crippen LogP contribution in [0.5, 0.6) is 0 Å². The van der Waals surface area contributed by atoms with Gasteiger partial charge in [-0.3, -0.25) is 4.90 Å². The highest BCUT2D eigenvalue weighted by Crippen LogP contribution is 2.10. The molecule has 0 atom stereocenters. The van der Waals surface area contributed by atoms with E-state index < -0.39 is 0 Å². The standard InChI is InChI=1S/C8H19N/c1-6-9(7-2)8(3,4)5/h6-7H2,1-5H3. The maximum atomic E-state index is 2.44. The summed E-state index contributed by atoms with van der Waals surface area (Å²) in [7, 11) is 0. The Labute approximate surface area is 59.1 Å². The van der Waals surface area contributed by atoms with Crippen LogP contribution in [0, 0.1) is 0 Å². The second-order valence-electron chi connectivity index (χ2n) is 3.34. The Morgan fingerprint density at radius 1 is 1.00 bits per heavy atom. The van der Waals surface area contributed by atoms with Crippen molar-refractivity contribution in [3.63, 3.8) is 0 Å². The van der Waals surface area contributed by atoms with Crippen molar-refractivity contribution in [3.05, 3.63) is 0 Å². The Morgan fingerprint density at radius 2 is 1.33 bits per heavy atom. The number of hydrogen-bond acceptors (Lipinski definition) is 1. The van der Waals surface area contributed by atoms with Crippen molar-refractivity contribution >= 4 is 0 Å². The molecule has 1 heteroatoms. The molecule has 9 heavy (non-hydrogen) atoms. The molecule has 0 rings (SSSR count). The minimum absolute atomic E-state index is 0.351. The van der Waals surface area contributed by atoms with Crippen LogP contribution in [0.3, 0.4) is 0 Å². The summed E-state index contributed by atoms with van der Waals surface area (Å²) in [4.78, 5) is 2.44. The summed E-state index contributed by atoms with van der Waals surface area (Å²) >= 11 is 0. The molecule has 0 saturated carbocycles. The highest BCUT2D eigenvalue weighted by molar-refractivity contribution is 4.73. The van der Waals surface area contributed by atoms with Gasteiger partial charge in [-0.05, 0) is 33.9 Å². The van der Waals surface area contributed by atoms with Gasteiger partial charge in [-0.15, -0.1) is 0 Å². The molecule has 56 valence electrons. The van der Waals surface area contributed by atoms with Crippen LogP contribution >= 0.6 is 0 Å². The van der Waals surface area contributed by atoms with Crippen molar-refractivity contribution < 1.29 is 0 Å². The first-order chi connectivity index (χ1) is 4.02. The summed E-state index contributed by atoms with van der Waals surface area (Å²) in [5.41, 5.74) is 0.351. The van der Waals surface area contributed by atoms with Crippen LogP contribution in [0.4, 0.5) is 0 Å². The molecule has 0 saturated heterocycles. The monoisotopic (exact) mass is 129 g/mol. The predicted octanol–water partition coefficient (Wildman–Crippen LogP) is 2.13. The third-order valence-electron chi connectivity index (χ3n) is 1.71. The maximum absolute atomic E-state index is 2.44. The predicted molar refractivity (Wildman–Crippen MR) is 42.7 cm³/mol. The zero-order chi connectivity index (χ0) is 7.49. The lowest BCUT2D eigenvalue weighted by Gasteiger charge is -2.33. The van der Waals surface area contributed by atoms with Gasteiger partial charge in [0.25, 0.3) is 0 Å². The Balaban J connectivity index is 3.79. The molecule has 0 aliphatic rings. The van der Waals surface area contributed by atoms with Crippen molar-refractivity contribution in [3.8, 4) is 0 Å². The van der Waals surface area contributed by atoms with Crippen molar-refractivity contribution in [2.24, 2.45) is 0 Å². The van der Waals surface area contributed by atoms with Gasteiger partial charge in [-0.1, -0.05) is 13.8 Å². The highest BCUT2D eigenvalue weighted by atomic mass is 15.2. The molecular weight excluding hydrogens is 110 g/mol. The van der Waals surface area contributed by atoms with E-state index in [2.05, 4.69) is 39.5 Å². The van der Waals surface area contributed by atoms with Gasteiger partial charge < -0.3 is 0 Å². The van der Waals surface area contributed by atoms with Crippen LogP contribution in [0.1, 0.15) is 34.6 Å². The van der Waals surface area contributed by atoms with E-state index in [-0.39, 0.29) is 0 Å². The average Bonchev–Trinajstić information content (AvgIpc) is 1.65. The normalized spacial score (nSPS) is 12.7. The second kappa shape index (κ2) is 3.21. The Kier molecular flexibility index (Phi) is 3.20. The van der Waals surface area contributed by atoms with Crippen molar-refractivity contribution in [1.29, 1.82) is 0 Å². The molecule has 0 aromatic carbocycles. The van der Waals surface area contributed by atoms with Gasteiger partial charge in [-0.25, -0.2) is 0 Å². The summed E-state index contributed by atoms with van der Waals surface area (Å²) < 4.78 is 0. The van der Waals surface area contributed by atoms with Gasteiger partial charge in [0.1, 0.15) is 0 Å². The minimum Gasteiger partial charge on any atom is -0.299 e. The lowest BCUT2D eigenvalue weighted by Crippen LogP contribution is -2.40. The third-order valence-corrected chi connectivity index (χ3v) is 1.71. The van der Waals surface area contributed by atoms with E-state index in [4.69, 9.17) is 0 Å². The molecule has 0 aromatic rings. The molecule has 0 N–H and O–H groups in total. The fourth-order valence-electron chi connectivity index (χ4n) is 1.17. The summed E-state index contributed by atoms with van der Waals surface area (Å²) in [5, 5.41) is 0. The summed E-state index contributed by atoms with van der Waals surface area (Å²) in [6.45, 7) is 13.5. The van der Waals surface area contributed by atoms with Crippen molar-refractivity contribution in [2.75, 3.05) is 13.1 Å². The summed E-state index contributed by atoms with van der Waals surface area (Å²) in [6, 6.07) is 0. The molecule has 0 unspecified atom stereocenters. The number of hydrogen-bond donors (Lipinski definition) is 0. The zero-order valence-electron chi connectivity index (χ0n) is 7.36. The van der Waals surface area contributed by atoms with Gasteiger partial charge in [0.2, 0.25) is 0 Å². The van der Waals surface area contributed by atoms with Gasteiger partial charge in [-0.2, -0.15) is 0 Å². The van der Waals surface area contributed by atoms with Gasteiger partial charge in [0.05, 0.1) is 0 Å². The van der Waals surface area contributed by atoms with Crippen LogP contribution in [-0.4, -0.2) is 23.5 Å². The first-order valence-corrected chi connectivity index (χ1v) is 3.77. The van der Waals surface area contributed by atoms with E-state index >= 15 is 0 Å². The minimum atomic E-state index is 0.351. The Bertz CT molecular complexity index is 67.1. The highest BCUT2D eigenvalue weighted by Gasteiger charge is 2.16. The molecule has 0 bridgehead atoms. The Morgan fingerprint density at radius 3 is 1.33 bits per heavy atom. The van der Waals surface area contributed by atoms with Gasteiger partial charge in [0, 0.05) is 5.54 Å². The van der Waals surface area contributed by atoms with Crippen molar-refractivity contribution in [1.82, 2.24) is 4.90 Å². The fourth-order valence-corrected chi connectivity index (χ4v) is 1.17. The van der Waals surface area contributed by atoms with E-state index in [1.807, 2.05) is 0 Å². The lowest BCUT2D eigenvalue weighted by atomic mass is 10.1. The molecular formula is C8H19N. The molecule has 0 aliphatic heterocycles. The van der Waals surface area contributed by atoms with E-state index in [1.54, 1.807) is 0 Å². The number of rotatable bonds is 2. The van der Waals surface area contributed by atoms with E-state index in [1.165, 1.54) is 0 Å². The van der Waals surface area contributed by atoms with E-state index in [0.29, 0.717) is 5.54 Å². The van der Waals surface area contributed by atoms with Crippen LogP contribution in [-0.2, 0) is 0 Å². The summed E-state index contributed by atoms with van der Waals surface area (Å²) in [6.07, 6.45) is 0. The van der Waals surface area contributed by atoms with E-state index in [9.17, 15) is 0 Å². The van der Waals surface area contributed by atoms with Crippen molar-refractivity contribution in [2.45, 2.75) is 40.2 Å². The molecule has 1 nitrogen and oxygen atoms in total. The van der Waals surface area contributed by atoms with E-state index in [0.717, 1.165) is 13.1 Å². The fraction of sp³-hybridized carbons (Fsp3) is 1.00. The first kappa shape index (κ1) is 8.96. The maximum Gasteiger partial charge on any atom is 0.0124 e. The SMILES string of the molecule is CCN(CC)C(C)(C)C. The zero-order valence-corrected chi connectivity index (χ0v) is 7.36. The largest absolute Gasteiger partial charge is 0.299 e. The molecule has 0 radical (unpaired) electrons. The molecule has 0 aliphatic carbocycles. The number of nitrogens with zero attached hydrogens (tertiary/aromatic N) is 1. The second-order valence-corrected chi connectivity index (χ2v) is 3.34. The smallest absolute Gasteiger partial charge is 0.0124 e. The molecule has 0 fully saturated rings. The van der Waals surface area contributed by atoms with Crippen LogP contribution in [0.2, 0.25) is 0 Å². The molecule has 0 amide bonds. The quantitative estimate of drug-likeness (QED) is 0.552. The topological polar surface area (TPSA) is 3.24 Å². The van der Waals surface area contributed by atoms with Gasteiger partial charge in [0.15, 0.2) is 0 Å². The van der Waals surface area contributed by atoms with Gasteiger partial charge >= 0.3 is 0 Å². The first-order valence-electron chi connectivity index (χ1n) is 3.77. The van der Waals surface area contributed by atoms with Crippen LogP contribution < -0.4 is 0 Å². The Hall–Kier alpha value is -0.0400. The molecule has 0 spiro atoms. The molecule has 0 heterocycles. The van der Waals surface area contributed by atoms with Crippen LogP contribution in [0.15, 0.2) is 0 Å². The lowest BCUT2D eigenvalue weighted by molar-refractivity contribution is 0.153. The summed E-state index contributed by atoms with van der Waals surface area (Å²) in [5.74, 6) is 0. The average molecular weight is 129 g/mol. The molecule has 0 aromatic heterocycles. The van der Waals surface area contributed by atoms with Crippen LogP contribution in [0.25, 0.3) is 0 Å².